The monoisotopic (exact) mass is 198 g/mol. The van der Waals surface area contributed by atoms with E-state index < -0.39 is 0 Å². The molecule has 1 saturated carbocycles. The van der Waals surface area contributed by atoms with E-state index >= 15 is 0 Å². The zero-order valence-corrected chi connectivity index (χ0v) is 10.2. The Hall–Kier alpha value is -0.0400. The summed E-state index contributed by atoms with van der Waals surface area (Å²) in [6.45, 7) is 9.74. The summed E-state index contributed by atoms with van der Waals surface area (Å²) >= 11 is 0. The standard InChI is InChI=1S/C13H26O/c1-5-12-10(3)9-11(4)13(12,6-2)7-8-14/h10-12,14H,5-9H2,1-4H3. The van der Waals surface area contributed by atoms with Gasteiger partial charge in [0.1, 0.15) is 0 Å². The molecule has 0 aromatic rings. The van der Waals surface area contributed by atoms with Gasteiger partial charge in [-0.25, -0.2) is 0 Å². The summed E-state index contributed by atoms with van der Waals surface area (Å²) in [7, 11) is 0. The SMILES string of the molecule is CCC1C(C)CC(C)C1(CC)CCO. The van der Waals surface area contributed by atoms with Crippen molar-refractivity contribution in [3.8, 4) is 0 Å². The highest BCUT2D eigenvalue weighted by atomic mass is 16.3. The molecule has 0 aliphatic heterocycles. The molecule has 1 heteroatoms. The van der Waals surface area contributed by atoms with Crippen LogP contribution in [-0.2, 0) is 0 Å². The lowest BCUT2D eigenvalue weighted by Crippen LogP contribution is -2.32. The van der Waals surface area contributed by atoms with Crippen LogP contribution in [0.25, 0.3) is 0 Å². The van der Waals surface area contributed by atoms with E-state index in [2.05, 4.69) is 27.7 Å². The van der Waals surface area contributed by atoms with Crippen molar-refractivity contribution in [1.29, 1.82) is 0 Å². The van der Waals surface area contributed by atoms with E-state index in [-0.39, 0.29) is 0 Å². The molecule has 1 aliphatic carbocycles. The molecule has 0 radical (unpaired) electrons. The molecule has 0 aromatic carbocycles. The van der Waals surface area contributed by atoms with Gasteiger partial charge in [0, 0.05) is 6.61 Å². The van der Waals surface area contributed by atoms with Crippen LogP contribution >= 0.6 is 0 Å². The Bertz CT molecular complexity index is 178. The second-order valence-electron chi connectivity index (χ2n) is 5.19. The number of hydrogen-bond donors (Lipinski definition) is 1. The van der Waals surface area contributed by atoms with Crippen molar-refractivity contribution in [2.45, 2.75) is 53.4 Å². The highest BCUT2D eigenvalue weighted by molar-refractivity contribution is 4.97. The molecule has 0 amide bonds. The quantitative estimate of drug-likeness (QED) is 0.733. The summed E-state index contributed by atoms with van der Waals surface area (Å²) in [4.78, 5) is 0. The predicted octanol–water partition coefficient (Wildman–Crippen LogP) is 3.47. The molecule has 1 N–H and O–H groups in total. The van der Waals surface area contributed by atoms with Crippen LogP contribution in [0, 0.1) is 23.2 Å². The van der Waals surface area contributed by atoms with Crippen LogP contribution in [0.1, 0.15) is 53.4 Å². The summed E-state index contributed by atoms with van der Waals surface area (Å²) in [5.41, 5.74) is 0.433. The van der Waals surface area contributed by atoms with Gasteiger partial charge in [0.25, 0.3) is 0 Å². The van der Waals surface area contributed by atoms with Crippen molar-refractivity contribution < 1.29 is 5.11 Å². The number of aliphatic hydroxyl groups excluding tert-OH is 1. The summed E-state index contributed by atoms with van der Waals surface area (Å²) in [5.74, 6) is 2.47. The van der Waals surface area contributed by atoms with Crippen LogP contribution in [0.5, 0.6) is 0 Å². The minimum absolute atomic E-state index is 0.363. The van der Waals surface area contributed by atoms with Crippen LogP contribution in [0.3, 0.4) is 0 Å². The predicted molar refractivity (Wildman–Crippen MR) is 61.2 cm³/mol. The number of hydrogen-bond acceptors (Lipinski definition) is 1. The van der Waals surface area contributed by atoms with E-state index in [1.165, 1.54) is 19.3 Å². The molecule has 1 aliphatic rings. The molecule has 0 saturated heterocycles. The summed E-state index contributed by atoms with van der Waals surface area (Å²) in [6.07, 6.45) is 4.87. The molecule has 0 bridgehead atoms. The molecule has 1 fully saturated rings. The Balaban J connectivity index is 2.88. The maximum absolute atomic E-state index is 9.24. The van der Waals surface area contributed by atoms with Gasteiger partial charge in [-0.15, -0.1) is 0 Å². The van der Waals surface area contributed by atoms with Gasteiger partial charge in [0.15, 0.2) is 0 Å². The van der Waals surface area contributed by atoms with Gasteiger partial charge in [-0.1, -0.05) is 34.1 Å². The molecule has 1 rings (SSSR count). The number of aliphatic hydroxyl groups is 1. The van der Waals surface area contributed by atoms with Gasteiger partial charge >= 0.3 is 0 Å². The van der Waals surface area contributed by atoms with E-state index in [4.69, 9.17) is 0 Å². The zero-order valence-electron chi connectivity index (χ0n) is 10.2. The van der Waals surface area contributed by atoms with E-state index in [0.29, 0.717) is 12.0 Å². The highest BCUT2D eigenvalue weighted by Crippen LogP contribution is 2.56. The normalized spacial score (nSPS) is 43.1. The largest absolute Gasteiger partial charge is 0.396 e. The second-order valence-corrected chi connectivity index (χ2v) is 5.19. The summed E-state index contributed by atoms with van der Waals surface area (Å²) < 4.78 is 0. The van der Waals surface area contributed by atoms with Crippen molar-refractivity contribution >= 4 is 0 Å². The molecule has 4 atom stereocenters. The van der Waals surface area contributed by atoms with Crippen LogP contribution in [0.4, 0.5) is 0 Å². The van der Waals surface area contributed by atoms with Crippen molar-refractivity contribution in [2.75, 3.05) is 6.61 Å². The van der Waals surface area contributed by atoms with E-state index in [9.17, 15) is 5.11 Å². The first-order chi connectivity index (χ1) is 6.62. The van der Waals surface area contributed by atoms with Crippen LogP contribution in [-0.4, -0.2) is 11.7 Å². The van der Waals surface area contributed by atoms with Crippen LogP contribution in [0.2, 0.25) is 0 Å². The molecule has 1 nitrogen and oxygen atoms in total. The maximum Gasteiger partial charge on any atom is 0.0436 e. The van der Waals surface area contributed by atoms with E-state index in [1.807, 2.05) is 0 Å². The molecule has 0 heterocycles. The first kappa shape index (κ1) is 12.0. The van der Waals surface area contributed by atoms with Gasteiger partial charge in [-0.05, 0) is 42.4 Å². The van der Waals surface area contributed by atoms with Crippen molar-refractivity contribution in [2.24, 2.45) is 23.2 Å². The molecule has 14 heavy (non-hydrogen) atoms. The van der Waals surface area contributed by atoms with Crippen molar-refractivity contribution in [3.63, 3.8) is 0 Å². The third-order valence-electron chi connectivity index (χ3n) is 4.81. The minimum atomic E-state index is 0.363. The van der Waals surface area contributed by atoms with Gasteiger partial charge in [-0.2, -0.15) is 0 Å². The Kier molecular flexibility index (Phi) is 4.00. The average Bonchev–Trinajstić information content (AvgIpc) is 2.39. The molecule has 0 spiro atoms. The zero-order chi connectivity index (χ0) is 10.8. The van der Waals surface area contributed by atoms with Crippen LogP contribution in [0.15, 0.2) is 0 Å². The smallest absolute Gasteiger partial charge is 0.0436 e. The average molecular weight is 198 g/mol. The van der Waals surface area contributed by atoms with E-state index in [1.54, 1.807) is 0 Å². The first-order valence-electron chi connectivity index (χ1n) is 6.23. The minimum Gasteiger partial charge on any atom is -0.396 e. The third kappa shape index (κ3) is 1.71. The fourth-order valence-corrected chi connectivity index (χ4v) is 4.13. The molecule has 4 unspecified atom stereocenters. The van der Waals surface area contributed by atoms with Crippen molar-refractivity contribution in [1.82, 2.24) is 0 Å². The van der Waals surface area contributed by atoms with Gasteiger partial charge in [0.2, 0.25) is 0 Å². The van der Waals surface area contributed by atoms with E-state index in [0.717, 1.165) is 24.2 Å². The Morgan fingerprint density at radius 2 is 1.93 bits per heavy atom. The molecule has 0 aromatic heterocycles. The maximum atomic E-state index is 9.24. The lowest BCUT2D eigenvalue weighted by atomic mass is 9.66. The first-order valence-corrected chi connectivity index (χ1v) is 6.23. The molecule has 84 valence electrons. The number of rotatable bonds is 4. The lowest BCUT2D eigenvalue weighted by molar-refractivity contribution is 0.0756. The molecular weight excluding hydrogens is 172 g/mol. The fraction of sp³-hybridized carbons (Fsp3) is 1.00. The Labute approximate surface area is 88.9 Å². The highest BCUT2D eigenvalue weighted by Gasteiger charge is 2.48. The fourth-order valence-electron chi connectivity index (χ4n) is 4.13. The molecular formula is C13H26O. The van der Waals surface area contributed by atoms with Gasteiger partial charge in [-0.3, -0.25) is 0 Å². The second kappa shape index (κ2) is 4.65. The van der Waals surface area contributed by atoms with Gasteiger partial charge < -0.3 is 5.11 Å². The summed E-state index contributed by atoms with van der Waals surface area (Å²) in [6, 6.07) is 0. The lowest BCUT2D eigenvalue weighted by Gasteiger charge is -2.39. The van der Waals surface area contributed by atoms with Gasteiger partial charge in [0.05, 0.1) is 0 Å². The Morgan fingerprint density at radius 1 is 1.29 bits per heavy atom. The Morgan fingerprint density at radius 3 is 2.36 bits per heavy atom. The topological polar surface area (TPSA) is 20.2 Å². The summed E-state index contributed by atoms with van der Waals surface area (Å²) in [5, 5.41) is 9.24. The third-order valence-corrected chi connectivity index (χ3v) is 4.81. The van der Waals surface area contributed by atoms with Crippen molar-refractivity contribution in [3.05, 3.63) is 0 Å². The van der Waals surface area contributed by atoms with Crippen LogP contribution < -0.4 is 0 Å².